The van der Waals surface area contributed by atoms with Gasteiger partial charge in [0.25, 0.3) is 0 Å². The Morgan fingerprint density at radius 1 is 1.16 bits per heavy atom. The number of anilines is 1. The number of benzene rings is 2. The zero-order valence-electron chi connectivity index (χ0n) is 17.2. The summed E-state index contributed by atoms with van der Waals surface area (Å²) in [6.45, 7) is 0.373. The van der Waals surface area contributed by atoms with Gasteiger partial charge in [0.2, 0.25) is 0 Å². The normalized spacial score (nSPS) is 18.7. The zero-order chi connectivity index (χ0) is 22.1. The maximum absolute atomic E-state index is 15.2. The van der Waals surface area contributed by atoms with Gasteiger partial charge in [0.15, 0.2) is 5.82 Å². The average Bonchev–Trinajstić information content (AvgIpc) is 3.21. The minimum atomic E-state index is -0.492. The Hall–Kier alpha value is -3.56. The SMILES string of the molecule is Nc1ncnn2c([C@@H]3CC[C@@H](CO)OC3)nc(-c3ccc(Oc4ccccc4)cc3F)c12. The third-order valence-electron chi connectivity index (χ3n) is 5.60. The molecular weight excluding hydrogens is 413 g/mol. The van der Waals surface area contributed by atoms with E-state index < -0.39 is 5.82 Å². The van der Waals surface area contributed by atoms with E-state index in [0.717, 1.165) is 6.42 Å². The number of rotatable bonds is 5. The number of para-hydroxylation sites is 1. The monoisotopic (exact) mass is 435 g/mol. The molecule has 1 aliphatic rings. The molecule has 32 heavy (non-hydrogen) atoms. The van der Waals surface area contributed by atoms with Crippen molar-refractivity contribution in [1.29, 1.82) is 0 Å². The first-order valence-electron chi connectivity index (χ1n) is 10.4. The molecule has 3 N–H and O–H groups in total. The topological polar surface area (TPSA) is 108 Å². The van der Waals surface area contributed by atoms with Gasteiger partial charge in [-0.25, -0.2) is 18.9 Å². The summed E-state index contributed by atoms with van der Waals surface area (Å²) in [5, 5.41) is 13.6. The molecule has 1 fully saturated rings. The molecule has 0 unspecified atom stereocenters. The second kappa shape index (κ2) is 8.52. The van der Waals surface area contributed by atoms with Crippen LogP contribution in [0.4, 0.5) is 10.2 Å². The van der Waals surface area contributed by atoms with Crippen molar-refractivity contribution in [2.45, 2.75) is 24.9 Å². The molecule has 0 aliphatic carbocycles. The van der Waals surface area contributed by atoms with Crippen LogP contribution in [0.2, 0.25) is 0 Å². The van der Waals surface area contributed by atoms with E-state index in [9.17, 15) is 5.11 Å². The van der Waals surface area contributed by atoms with E-state index in [1.165, 1.54) is 12.4 Å². The van der Waals surface area contributed by atoms with E-state index in [1.807, 2.05) is 18.2 Å². The molecule has 2 aromatic heterocycles. The molecule has 4 aromatic rings. The lowest BCUT2D eigenvalue weighted by Crippen LogP contribution is -2.28. The first-order chi connectivity index (χ1) is 15.6. The number of imidazole rings is 1. The molecule has 3 heterocycles. The highest BCUT2D eigenvalue weighted by Gasteiger charge is 2.29. The molecule has 9 heteroatoms. The van der Waals surface area contributed by atoms with Crippen molar-refractivity contribution in [3.8, 4) is 22.8 Å². The summed E-state index contributed by atoms with van der Waals surface area (Å²) in [5.74, 6) is 1.28. The van der Waals surface area contributed by atoms with E-state index in [-0.39, 0.29) is 30.0 Å². The first kappa shape index (κ1) is 20.3. The Balaban J connectivity index is 1.53. The fraction of sp³-hybridized carbons (Fsp3) is 0.261. The van der Waals surface area contributed by atoms with E-state index >= 15 is 4.39 Å². The number of aliphatic hydroxyl groups is 1. The highest BCUT2D eigenvalue weighted by atomic mass is 19.1. The third-order valence-corrected chi connectivity index (χ3v) is 5.60. The largest absolute Gasteiger partial charge is 0.457 e. The van der Waals surface area contributed by atoms with Crippen LogP contribution in [0.15, 0.2) is 54.9 Å². The van der Waals surface area contributed by atoms with Crippen LogP contribution in [0.25, 0.3) is 16.8 Å². The minimum Gasteiger partial charge on any atom is -0.457 e. The molecule has 0 spiro atoms. The molecule has 2 aromatic carbocycles. The standard InChI is InChI=1S/C23H22FN5O3/c24-19-10-16(32-15-4-2-1-3-5-15)8-9-18(19)20-21-22(25)26-13-27-29(21)23(28-20)14-6-7-17(11-30)31-12-14/h1-5,8-10,13-14,17,30H,6-7,11-12H2,(H2,25,26,27)/t14-,17+/m1/s1. The van der Waals surface area contributed by atoms with E-state index in [1.54, 1.807) is 28.8 Å². The van der Waals surface area contributed by atoms with Crippen molar-refractivity contribution in [2.75, 3.05) is 18.9 Å². The highest BCUT2D eigenvalue weighted by molar-refractivity contribution is 5.85. The van der Waals surface area contributed by atoms with Crippen molar-refractivity contribution in [1.82, 2.24) is 19.6 Å². The molecule has 1 saturated heterocycles. The van der Waals surface area contributed by atoms with Crippen LogP contribution in [0.3, 0.4) is 0 Å². The summed E-state index contributed by atoms with van der Waals surface area (Å²) in [6, 6.07) is 13.8. The van der Waals surface area contributed by atoms with Crippen LogP contribution in [-0.4, -0.2) is 44.0 Å². The molecule has 164 valence electrons. The van der Waals surface area contributed by atoms with Crippen LogP contribution >= 0.6 is 0 Å². The zero-order valence-corrected chi connectivity index (χ0v) is 17.2. The predicted octanol–water partition coefficient (Wildman–Crippen LogP) is 3.56. The van der Waals surface area contributed by atoms with Crippen LogP contribution in [-0.2, 0) is 4.74 Å². The van der Waals surface area contributed by atoms with Gasteiger partial charge < -0.3 is 20.3 Å². The lowest BCUT2D eigenvalue weighted by molar-refractivity contribution is -0.0284. The fourth-order valence-electron chi connectivity index (χ4n) is 3.96. The van der Waals surface area contributed by atoms with Gasteiger partial charge in [0.1, 0.15) is 40.7 Å². The Bertz CT molecular complexity index is 1240. The van der Waals surface area contributed by atoms with E-state index in [4.69, 9.17) is 20.2 Å². The highest BCUT2D eigenvalue weighted by Crippen LogP contribution is 2.36. The van der Waals surface area contributed by atoms with Gasteiger partial charge in [-0.05, 0) is 37.1 Å². The van der Waals surface area contributed by atoms with Gasteiger partial charge in [-0.1, -0.05) is 18.2 Å². The van der Waals surface area contributed by atoms with Gasteiger partial charge in [-0.2, -0.15) is 5.10 Å². The van der Waals surface area contributed by atoms with Crippen molar-refractivity contribution < 1.29 is 19.0 Å². The van der Waals surface area contributed by atoms with Gasteiger partial charge in [-0.15, -0.1) is 0 Å². The summed E-state index contributed by atoms with van der Waals surface area (Å²) in [6.07, 6.45) is 2.64. The summed E-state index contributed by atoms with van der Waals surface area (Å²) in [7, 11) is 0. The summed E-state index contributed by atoms with van der Waals surface area (Å²) < 4.78 is 28.2. The molecular formula is C23H22FN5O3. The first-order valence-corrected chi connectivity index (χ1v) is 10.4. The van der Waals surface area contributed by atoms with Gasteiger partial charge in [-0.3, -0.25) is 0 Å². The second-order valence-electron chi connectivity index (χ2n) is 7.69. The Morgan fingerprint density at radius 3 is 2.72 bits per heavy atom. The van der Waals surface area contributed by atoms with Crippen molar-refractivity contribution >= 4 is 11.3 Å². The molecule has 5 rings (SSSR count). The predicted molar refractivity (Wildman–Crippen MR) is 116 cm³/mol. The quantitative estimate of drug-likeness (QED) is 0.493. The smallest absolute Gasteiger partial charge is 0.153 e. The summed E-state index contributed by atoms with van der Waals surface area (Å²) in [5.41, 5.74) is 7.23. The number of nitrogens with two attached hydrogens (primary N) is 1. The lowest BCUT2D eigenvalue weighted by Gasteiger charge is -2.26. The molecule has 2 atom stereocenters. The van der Waals surface area contributed by atoms with E-state index in [2.05, 4.69) is 10.1 Å². The molecule has 8 nitrogen and oxygen atoms in total. The van der Waals surface area contributed by atoms with Gasteiger partial charge in [0.05, 0.1) is 19.3 Å². The van der Waals surface area contributed by atoms with Crippen LogP contribution in [0.5, 0.6) is 11.5 Å². The van der Waals surface area contributed by atoms with Crippen molar-refractivity contribution in [2.24, 2.45) is 0 Å². The van der Waals surface area contributed by atoms with E-state index in [0.29, 0.717) is 41.6 Å². The Labute approximate surface area is 183 Å². The van der Waals surface area contributed by atoms with Crippen molar-refractivity contribution in [3.05, 3.63) is 66.5 Å². The summed E-state index contributed by atoms with van der Waals surface area (Å²) in [4.78, 5) is 8.80. The van der Waals surface area contributed by atoms with Crippen molar-refractivity contribution in [3.63, 3.8) is 0 Å². The number of nitrogens with zero attached hydrogens (tertiary/aromatic N) is 4. The number of ether oxygens (including phenoxy) is 2. The molecule has 0 saturated carbocycles. The second-order valence-corrected chi connectivity index (χ2v) is 7.69. The maximum atomic E-state index is 15.2. The molecule has 0 radical (unpaired) electrons. The minimum absolute atomic E-state index is 0.0158. The number of hydrogen-bond acceptors (Lipinski definition) is 7. The van der Waals surface area contributed by atoms with Gasteiger partial charge in [0, 0.05) is 17.5 Å². The Kier molecular flexibility index (Phi) is 5.42. The number of hydrogen-bond donors (Lipinski definition) is 2. The summed E-state index contributed by atoms with van der Waals surface area (Å²) >= 11 is 0. The van der Waals surface area contributed by atoms with Crippen LogP contribution in [0, 0.1) is 5.82 Å². The average molecular weight is 435 g/mol. The number of fused-ring (bicyclic) bond motifs is 1. The fourth-order valence-corrected chi connectivity index (χ4v) is 3.96. The number of aromatic nitrogens is 4. The van der Waals surface area contributed by atoms with Crippen LogP contribution in [0.1, 0.15) is 24.6 Å². The Morgan fingerprint density at radius 2 is 2.00 bits per heavy atom. The molecule has 0 amide bonds. The van der Waals surface area contributed by atoms with Gasteiger partial charge >= 0.3 is 0 Å². The number of halogens is 1. The van der Waals surface area contributed by atoms with Crippen LogP contribution < -0.4 is 10.5 Å². The lowest BCUT2D eigenvalue weighted by atomic mass is 9.98. The molecule has 0 bridgehead atoms. The third kappa shape index (κ3) is 3.76. The number of aliphatic hydroxyl groups excluding tert-OH is 1. The number of nitrogen functional groups attached to an aromatic ring is 1. The molecule has 1 aliphatic heterocycles. The maximum Gasteiger partial charge on any atom is 0.153 e.